The highest BCUT2D eigenvalue weighted by atomic mass is 32.2. The molecule has 0 saturated carbocycles. The molecule has 0 aromatic heterocycles. The van der Waals surface area contributed by atoms with Crippen LogP contribution in [0.4, 0.5) is 5.69 Å². The topological polar surface area (TPSA) is 88.1 Å². The molecule has 7 nitrogen and oxygen atoms in total. The van der Waals surface area contributed by atoms with Crippen LogP contribution in [0.3, 0.4) is 0 Å². The number of hydrogen-bond acceptors (Lipinski definition) is 5. The molecule has 0 aliphatic rings. The van der Waals surface area contributed by atoms with E-state index in [0.717, 1.165) is 16.3 Å². The zero-order chi connectivity index (χ0) is 18.5. The number of carbonyl (C=O) groups is 1. The van der Waals surface area contributed by atoms with Crippen LogP contribution in [-0.4, -0.2) is 39.9 Å². The molecule has 0 bridgehead atoms. The number of nitrogens with one attached hydrogen (secondary N) is 1. The van der Waals surface area contributed by atoms with Gasteiger partial charge in [0.25, 0.3) is 5.91 Å². The zero-order valence-corrected chi connectivity index (χ0v) is 15.8. The average molecular weight is 355 g/mol. The molecule has 1 aromatic rings. The van der Waals surface area contributed by atoms with Gasteiger partial charge in [-0.3, -0.25) is 9.10 Å². The summed E-state index contributed by atoms with van der Waals surface area (Å²) in [5, 5.41) is 4.03. The SMILES string of the molecule is COc1ccccc1N(CC(=O)N/N=C(/C)C(C)(C)C)S(C)(=O)=O. The first-order valence-electron chi connectivity index (χ1n) is 7.41. The number of sulfonamides is 1. The van der Waals surface area contributed by atoms with Gasteiger partial charge < -0.3 is 4.74 Å². The van der Waals surface area contributed by atoms with Crippen LogP contribution in [0.5, 0.6) is 5.75 Å². The maximum Gasteiger partial charge on any atom is 0.260 e. The molecule has 0 fully saturated rings. The van der Waals surface area contributed by atoms with E-state index in [2.05, 4.69) is 10.5 Å². The number of hydrogen-bond donors (Lipinski definition) is 1. The van der Waals surface area contributed by atoms with Crippen molar-refractivity contribution in [2.75, 3.05) is 24.2 Å². The molecule has 1 N–H and O–H groups in total. The Labute approximate surface area is 143 Å². The van der Waals surface area contributed by atoms with Gasteiger partial charge in [0, 0.05) is 11.1 Å². The maximum atomic E-state index is 12.1. The lowest BCUT2D eigenvalue weighted by Crippen LogP contribution is -2.39. The molecule has 0 heterocycles. The molecular formula is C16H25N3O4S. The first-order chi connectivity index (χ1) is 11.0. The smallest absolute Gasteiger partial charge is 0.260 e. The molecule has 0 atom stereocenters. The molecule has 0 unspecified atom stereocenters. The van der Waals surface area contributed by atoms with Crippen LogP contribution in [0, 0.1) is 5.41 Å². The first-order valence-corrected chi connectivity index (χ1v) is 9.26. The predicted molar refractivity (Wildman–Crippen MR) is 95.9 cm³/mol. The van der Waals surface area contributed by atoms with E-state index in [9.17, 15) is 13.2 Å². The summed E-state index contributed by atoms with van der Waals surface area (Å²) < 4.78 is 30.3. The van der Waals surface area contributed by atoms with E-state index in [1.54, 1.807) is 31.2 Å². The number of rotatable bonds is 6. The van der Waals surface area contributed by atoms with Crippen molar-refractivity contribution in [2.24, 2.45) is 10.5 Å². The Kier molecular flexibility index (Phi) is 6.36. The van der Waals surface area contributed by atoms with Crippen LogP contribution in [0.15, 0.2) is 29.4 Å². The summed E-state index contributed by atoms with van der Waals surface area (Å²) >= 11 is 0. The minimum atomic E-state index is -3.67. The molecule has 134 valence electrons. The molecule has 24 heavy (non-hydrogen) atoms. The Morgan fingerprint density at radius 1 is 1.29 bits per heavy atom. The number of benzene rings is 1. The molecule has 0 radical (unpaired) electrons. The Hall–Kier alpha value is -2.09. The number of nitrogens with zero attached hydrogens (tertiary/aromatic N) is 2. The molecular weight excluding hydrogens is 330 g/mol. The van der Waals surface area contributed by atoms with Crippen LogP contribution in [-0.2, 0) is 14.8 Å². The van der Waals surface area contributed by atoms with Gasteiger partial charge in [-0.25, -0.2) is 13.8 Å². The van der Waals surface area contributed by atoms with Gasteiger partial charge in [-0.15, -0.1) is 0 Å². The van der Waals surface area contributed by atoms with Gasteiger partial charge in [-0.2, -0.15) is 5.10 Å². The van der Waals surface area contributed by atoms with E-state index >= 15 is 0 Å². The highest BCUT2D eigenvalue weighted by molar-refractivity contribution is 7.92. The van der Waals surface area contributed by atoms with E-state index in [1.165, 1.54) is 7.11 Å². The van der Waals surface area contributed by atoms with E-state index in [1.807, 2.05) is 20.8 Å². The summed E-state index contributed by atoms with van der Waals surface area (Å²) in [6.45, 7) is 7.32. The van der Waals surface area contributed by atoms with Crippen LogP contribution < -0.4 is 14.5 Å². The minimum absolute atomic E-state index is 0.188. The lowest BCUT2D eigenvalue weighted by Gasteiger charge is -2.23. The number of ether oxygens (including phenoxy) is 1. The van der Waals surface area contributed by atoms with Crippen molar-refractivity contribution < 1.29 is 17.9 Å². The van der Waals surface area contributed by atoms with Crippen molar-refractivity contribution in [2.45, 2.75) is 27.7 Å². The van der Waals surface area contributed by atoms with Crippen LogP contribution in [0.2, 0.25) is 0 Å². The second kappa shape index (κ2) is 7.65. The highest BCUT2D eigenvalue weighted by Gasteiger charge is 2.24. The van der Waals surface area contributed by atoms with Gasteiger partial charge >= 0.3 is 0 Å². The Bertz CT molecular complexity index is 721. The fourth-order valence-electron chi connectivity index (χ4n) is 1.70. The largest absolute Gasteiger partial charge is 0.495 e. The molecule has 8 heteroatoms. The predicted octanol–water partition coefficient (Wildman–Crippen LogP) is 2.00. The van der Waals surface area contributed by atoms with Crippen LogP contribution >= 0.6 is 0 Å². The summed E-state index contributed by atoms with van der Waals surface area (Å²) in [6.07, 6.45) is 1.04. The fraction of sp³-hybridized carbons (Fsp3) is 0.500. The normalized spacial score (nSPS) is 12.7. The molecule has 0 aliphatic carbocycles. The van der Waals surface area contributed by atoms with Gasteiger partial charge in [0.2, 0.25) is 10.0 Å². The van der Waals surface area contributed by atoms with Gasteiger partial charge in [-0.1, -0.05) is 32.9 Å². The van der Waals surface area contributed by atoms with E-state index in [4.69, 9.17) is 4.74 Å². The van der Waals surface area contributed by atoms with Gasteiger partial charge in [0.05, 0.1) is 19.1 Å². The van der Waals surface area contributed by atoms with Gasteiger partial charge in [0.15, 0.2) is 0 Å². The maximum absolute atomic E-state index is 12.1. The number of methoxy groups -OCH3 is 1. The lowest BCUT2D eigenvalue weighted by molar-refractivity contribution is -0.119. The number of carbonyl (C=O) groups excluding carboxylic acids is 1. The number of amides is 1. The van der Waals surface area contributed by atoms with Crippen molar-refractivity contribution in [1.82, 2.24) is 5.43 Å². The van der Waals surface area contributed by atoms with Gasteiger partial charge in [0.1, 0.15) is 12.3 Å². The molecule has 1 amide bonds. The molecule has 1 rings (SSSR count). The molecule has 1 aromatic carbocycles. The van der Waals surface area contributed by atoms with Crippen molar-refractivity contribution in [3.63, 3.8) is 0 Å². The summed E-state index contributed by atoms with van der Waals surface area (Å²) in [5.41, 5.74) is 3.25. The van der Waals surface area contributed by atoms with Gasteiger partial charge in [-0.05, 0) is 19.1 Å². The number of hydrazone groups is 1. The third-order valence-electron chi connectivity index (χ3n) is 3.48. The van der Waals surface area contributed by atoms with Crippen LogP contribution in [0.25, 0.3) is 0 Å². The molecule has 0 aliphatic heterocycles. The Morgan fingerprint density at radius 2 is 1.88 bits per heavy atom. The fourth-order valence-corrected chi connectivity index (χ4v) is 2.56. The third kappa shape index (κ3) is 5.52. The van der Waals surface area contributed by atoms with Crippen molar-refractivity contribution in [1.29, 1.82) is 0 Å². The average Bonchev–Trinajstić information content (AvgIpc) is 2.48. The molecule has 0 saturated heterocycles. The quantitative estimate of drug-likeness (QED) is 0.624. The van der Waals surface area contributed by atoms with Crippen molar-refractivity contribution >= 4 is 27.3 Å². The van der Waals surface area contributed by atoms with Crippen molar-refractivity contribution in [3.05, 3.63) is 24.3 Å². The van der Waals surface area contributed by atoms with Crippen LogP contribution in [0.1, 0.15) is 27.7 Å². The van der Waals surface area contributed by atoms with E-state index in [0.29, 0.717) is 11.4 Å². The lowest BCUT2D eigenvalue weighted by atomic mass is 9.91. The Morgan fingerprint density at radius 3 is 2.38 bits per heavy atom. The third-order valence-corrected chi connectivity index (χ3v) is 4.60. The summed E-state index contributed by atoms with van der Waals surface area (Å²) in [6, 6.07) is 6.61. The van der Waals surface area contributed by atoms with E-state index in [-0.39, 0.29) is 12.0 Å². The highest BCUT2D eigenvalue weighted by Crippen LogP contribution is 2.29. The minimum Gasteiger partial charge on any atom is -0.495 e. The second-order valence-corrected chi connectivity index (χ2v) is 8.33. The summed E-state index contributed by atoms with van der Waals surface area (Å²) in [5.74, 6) is -0.167. The first kappa shape index (κ1) is 20.0. The Balaban J connectivity index is 3.03. The second-order valence-electron chi connectivity index (χ2n) is 6.42. The number of anilines is 1. The summed E-state index contributed by atoms with van der Waals surface area (Å²) in [7, 11) is -2.23. The van der Waals surface area contributed by atoms with Crippen molar-refractivity contribution in [3.8, 4) is 5.75 Å². The summed E-state index contributed by atoms with van der Waals surface area (Å²) in [4.78, 5) is 12.1. The number of para-hydroxylation sites is 2. The molecule has 0 spiro atoms. The zero-order valence-electron chi connectivity index (χ0n) is 15.0. The standard InChI is InChI=1S/C16H25N3O4S/c1-12(16(2,3)4)17-18-15(20)11-19(24(6,21)22)13-9-7-8-10-14(13)23-5/h7-10H,11H2,1-6H3,(H,18,20)/b17-12-. The monoisotopic (exact) mass is 355 g/mol. The van der Waals surface area contributed by atoms with E-state index < -0.39 is 15.9 Å².